The lowest BCUT2D eigenvalue weighted by atomic mass is 10.1. The molecule has 0 saturated heterocycles. The summed E-state index contributed by atoms with van der Waals surface area (Å²) in [5.74, 6) is 0.921. The first kappa shape index (κ1) is 15.8. The fourth-order valence-electron chi connectivity index (χ4n) is 1.70. The van der Waals surface area contributed by atoms with E-state index in [0.717, 1.165) is 15.8 Å². The second kappa shape index (κ2) is 7.42. The van der Waals surface area contributed by atoms with Gasteiger partial charge < -0.3 is 10.1 Å². The summed E-state index contributed by atoms with van der Waals surface area (Å²) in [6, 6.07) is 7.28. The van der Waals surface area contributed by atoms with Crippen molar-refractivity contribution in [2.45, 2.75) is 23.4 Å². The van der Waals surface area contributed by atoms with E-state index >= 15 is 0 Å². The van der Waals surface area contributed by atoms with Gasteiger partial charge in [0, 0.05) is 5.69 Å². The number of carbonyl (C=O) groups is 1. The van der Waals surface area contributed by atoms with Gasteiger partial charge in [0.25, 0.3) is 0 Å². The van der Waals surface area contributed by atoms with E-state index in [2.05, 4.69) is 15.5 Å². The van der Waals surface area contributed by atoms with Crippen molar-refractivity contribution in [3.8, 4) is 5.75 Å². The molecule has 1 N–H and O–H groups in total. The van der Waals surface area contributed by atoms with Crippen LogP contribution in [0.2, 0.25) is 0 Å². The molecule has 0 aliphatic heterocycles. The van der Waals surface area contributed by atoms with E-state index in [1.165, 1.54) is 23.1 Å². The van der Waals surface area contributed by atoms with Gasteiger partial charge in [0.1, 0.15) is 11.3 Å². The largest absolute Gasteiger partial charge is 0.497 e. The summed E-state index contributed by atoms with van der Waals surface area (Å²) in [6.45, 7) is 4.04. The van der Waals surface area contributed by atoms with Gasteiger partial charge in [0.05, 0.1) is 12.4 Å². The van der Waals surface area contributed by atoms with Gasteiger partial charge in [0.15, 0.2) is 4.34 Å². The zero-order valence-corrected chi connectivity index (χ0v) is 13.7. The minimum atomic E-state index is -0.208. The van der Waals surface area contributed by atoms with E-state index < -0.39 is 0 Å². The van der Waals surface area contributed by atoms with Crippen molar-refractivity contribution in [3.05, 3.63) is 29.8 Å². The summed E-state index contributed by atoms with van der Waals surface area (Å²) >= 11 is 2.89. The maximum absolute atomic E-state index is 12.4. The van der Waals surface area contributed by atoms with Crippen molar-refractivity contribution in [2.24, 2.45) is 5.92 Å². The van der Waals surface area contributed by atoms with Crippen molar-refractivity contribution in [1.82, 2.24) is 10.2 Å². The van der Waals surface area contributed by atoms with Crippen molar-refractivity contribution >= 4 is 34.7 Å². The smallest absolute Gasteiger partial charge is 0.238 e. The number of hydrogen-bond donors (Lipinski definition) is 1. The lowest BCUT2D eigenvalue weighted by molar-refractivity contribution is -0.116. The number of nitrogens with one attached hydrogen (secondary N) is 1. The quantitative estimate of drug-likeness (QED) is 0.826. The van der Waals surface area contributed by atoms with E-state index in [1.54, 1.807) is 12.6 Å². The first-order valence-electron chi connectivity index (χ1n) is 6.48. The predicted octanol–water partition coefficient (Wildman–Crippen LogP) is 3.30. The molecule has 5 nitrogen and oxygen atoms in total. The van der Waals surface area contributed by atoms with Crippen LogP contribution < -0.4 is 10.1 Å². The normalized spacial score (nSPS) is 12.2. The molecular formula is C14H17N3O2S2. The summed E-state index contributed by atoms with van der Waals surface area (Å²) in [6.07, 6.45) is 0. The third kappa shape index (κ3) is 4.44. The molecular weight excluding hydrogens is 306 g/mol. The number of nitrogens with zero attached hydrogens (tertiary/aromatic N) is 2. The SMILES string of the molecule is COc1ccc(NC(=O)[C@@H](Sc2nncs2)C(C)C)cc1. The summed E-state index contributed by atoms with van der Waals surface area (Å²) in [7, 11) is 1.61. The summed E-state index contributed by atoms with van der Waals surface area (Å²) in [4.78, 5) is 12.4. The van der Waals surface area contributed by atoms with Gasteiger partial charge in [-0.1, -0.05) is 36.9 Å². The minimum Gasteiger partial charge on any atom is -0.497 e. The van der Waals surface area contributed by atoms with Gasteiger partial charge in [-0.3, -0.25) is 4.79 Å². The van der Waals surface area contributed by atoms with Crippen LogP contribution >= 0.6 is 23.1 Å². The van der Waals surface area contributed by atoms with Crippen LogP contribution in [0.15, 0.2) is 34.1 Å². The Morgan fingerprint density at radius 1 is 1.33 bits per heavy atom. The molecule has 2 rings (SSSR count). The first-order chi connectivity index (χ1) is 10.1. The van der Waals surface area contributed by atoms with Crippen LogP contribution in [0, 0.1) is 5.92 Å². The van der Waals surface area contributed by atoms with Gasteiger partial charge in [-0.25, -0.2) is 0 Å². The topological polar surface area (TPSA) is 64.1 Å². The molecule has 0 unspecified atom stereocenters. The lowest BCUT2D eigenvalue weighted by Gasteiger charge is -2.18. The Labute approximate surface area is 132 Å². The van der Waals surface area contributed by atoms with E-state index in [0.29, 0.717) is 0 Å². The monoisotopic (exact) mass is 323 g/mol. The lowest BCUT2D eigenvalue weighted by Crippen LogP contribution is -2.29. The molecule has 0 saturated carbocycles. The molecule has 1 atom stereocenters. The molecule has 7 heteroatoms. The first-order valence-corrected chi connectivity index (χ1v) is 8.24. The fraction of sp³-hybridized carbons (Fsp3) is 0.357. The van der Waals surface area contributed by atoms with E-state index in [4.69, 9.17) is 4.74 Å². The van der Waals surface area contributed by atoms with Gasteiger partial charge >= 0.3 is 0 Å². The number of carbonyl (C=O) groups excluding carboxylic acids is 1. The molecule has 0 aliphatic rings. The number of methoxy groups -OCH3 is 1. The standard InChI is InChI=1S/C14H17N3O2S2/c1-9(2)12(21-14-17-15-8-20-14)13(18)16-10-4-6-11(19-3)7-5-10/h4-9,12H,1-3H3,(H,16,18)/t12-/m0/s1. The van der Waals surface area contributed by atoms with Crippen molar-refractivity contribution in [2.75, 3.05) is 12.4 Å². The number of ether oxygens (including phenoxy) is 1. The average molecular weight is 323 g/mol. The molecule has 0 spiro atoms. The Bertz CT molecular complexity index is 570. The van der Waals surface area contributed by atoms with Gasteiger partial charge in [-0.15, -0.1) is 10.2 Å². The maximum atomic E-state index is 12.4. The Morgan fingerprint density at radius 3 is 2.57 bits per heavy atom. The van der Waals surface area contributed by atoms with Crippen LogP contribution in [0.5, 0.6) is 5.75 Å². The molecule has 2 aromatic rings. The molecule has 0 radical (unpaired) electrons. The van der Waals surface area contributed by atoms with Gasteiger partial charge in [-0.05, 0) is 30.2 Å². The number of aromatic nitrogens is 2. The van der Waals surface area contributed by atoms with Crippen LogP contribution in [0.3, 0.4) is 0 Å². The van der Waals surface area contributed by atoms with E-state index in [9.17, 15) is 4.79 Å². The number of rotatable bonds is 6. The minimum absolute atomic E-state index is 0.0321. The van der Waals surface area contributed by atoms with Crippen LogP contribution in [0.4, 0.5) is 5.69 Å². The highest BCUT2D eigenvalue weighted by Crippen LogP contribution is 2.30. The number of anilines is 1. The number of hydrogen-bond acceptors (Lipinski definition) is 6. The highest BCUT2D eigenvalue weighted by atomic mass is 32.2. The molecule has 1 aromatic carbocycles. The Hall–Kier alpha value is -1.60. The number of benzene rings is 1. The van der Waals surface area contributed by atoms with Crippen molar-refractivity contribution in [1.29, 1.82) is 0 Å². The maximum Gasteiger partial charge on any atom is 0.238 e. The molecule has 21 heavy (non-hydrogen) atoms. The van der Waals surface area contributed by atoms with Gasteiger partial charge in [0.2, 0.25) is 5.91 Å². The number of amides is 1. The zero-order chi connectivity index (χ0) is 15.2. The van der Waals surface area contributed by atoms with E-state index in [-0.39, 0.29) is 17.1 Å². The number of thioether (sulfide) groups is 1. The molecule has 0 bridgehead atoms. The van der Waals surface area contributed by atoms with Crippen LogP contribution in [-0.4, -0.2) is 28.5 Å². The molecule has 1 aromatic heterocycles. The Morgan fingerprint density at radius 2 is 2.05 bits per heavy atom. The third-order valence-corrected chi connectivity index (χ3v) is 5.15. The van der Waals surface area contributed by atoms with Crippen molar-refractivity contribution < 1.29 is 9.53 Å². The molecule has 1 heterocycles. The molecule has 1 amide bonds. The molecule has 0 aliphatic carbocycles. The summed E-state index contributed by atoms with van der Waals surface area (Å²) in [5.41, 5.74) is 2.42. The molecule has 112 valence electrons. The summed E-state index contributed by atoms with van der Waals surface area (Å²) in [5, 5.41) is 10.5. The Kier molecular flexibility index (Phi) is 5.58. The van der Waals surface area contributed by atoms with Crippen LogP contribution in [-0.2, 0) is 4.79 Å². The Balaban J connectivity index is 2.03. The average Bonchev–Trinajstić information content (AvgIpc) is 2.98. The van der Waals surface area contributed by atoms with Gasteiger partial charge in [-0.2, -0.15) is 0 Å². The van der Waals surface area contributed by atoms with Crippen molar-refractivity contribution in [3.63, 3.8) is 0 Å². The molecule has 0 fully saturated rings. The highest BCUT2D eigenvalue weighted by molar-refractivity contribution is 8.02. The highest BCUT2D eigenvalue weighted by Gasteiger charge is 2.24. The fourth-order valence-corrected chi connectivity index (χ4v) is 3.39. The van der Waals surface area contributed by atoms with E-state index in [1.807, 2.05) is 38.1 Å². The predicted molar refractivity (Wildman–Crippen MR) is 86.0 cm³/mol. The summed E-state index contributed by atoms with van der Waals surface area (Å²) < 4.78 is 5.90. The van der Waals surface area contributed by atoms with Crippen LogP contribution in [0.1, 0.15) is 13.8 Å². The van der Waals surface area contributed by atoms with Crippen LogP contribution in [0.25, 0.3) is 0 Å². The third-order valence-electron chi connectivity index (χ3n) is 2.79. The zero-order valence-electron chi connectivity index (χ0n) is 12.1. The second-order valence-corrected chi connectivity index (χ2v) is 6.93. The second-order valence-electron chi connectivity index (χ2n) is 4.70.